The van der Waals surface area contributed by atoms with Gasteiger partial charge in [0, 0.05) is 12.2 Å². The Balaban J connectivity index is 1.47. The minimum atomic E-state index is -0.362. The van der Waals surface area contributed by atoms with Crippen molar-refractivity contribution in [1.82, 2.24) is 0 Å². The highest BCUT2D eigenvalue weighted by atomic mass is 32.2. The normalized spacial score (nSPS) is 13.0. The Hall–Kier alpha value is -1.79. The molecule has 2 aromatic rings. The van der Waals surface area contributed by atoms with Crippen LogP contribution in [0.3, 0.4) is 0 Å². The average Bonchev–Trinajstić information content (AvgIpc) is 3.19. The van der Waals surface area contributed by atoms with Crippen molar-refractivity contribution >= 4 is 40.7 Å². The summed E-state index contributed by atoms with van der Waals surface area (Å²) in [6, 6.07) is 11.7. The summed E-state index contributed by atoms with van der Waals surface area (Å²) in [7, 11) is 0. The van der Waals surface area contributed by atoms with Crippen molar-refractivity contribution in [3.05, 3.63) is 47.3 Å². The van der Waals surface area contributed by atoms with E-state index in [0.717, 1.165) is 21.9 Å². The topological polar surface area (TPSA) is 46.6 Å². The highest BCUT2D eigenvalue weighted by Crippen LogP contribution is 2.27. The standard InChI is InChI=1S/C16H15NO3S2/c18-14(17-8-7-12-4-1-2-5-13(12)17)10-20-15(19)11-22-16-6-3-9-21-16/h1-6,9H,7-8,10-11H2. The number of nitrogens with zero attached hydrogens (tertiary/aromatic N) is 1. The summed E-state index contributed by atoms with van der Waals surface area (Å²) >= 11 is 3.01. The van der Waals surface area contributed by atoms with E-state index in [2.05, 4.69) is 0 Å². The number of carbonyl (C=O) groups excluding carboxylic acids is 2. The Morgan fingerprint density at radius 3 is 2.91 bits per heavy atom. The number of thioether (sulfide) groups is 1. The molecule has 0 aliphatic carbocycles. The van der Waals surface area contributed by atoms with Crippen LogP contribution in [0, 0.1) is 0 Å². The van der Waals surface area contributed by atoms with E-state index in [1.54, 1.807) is 16.2 Å². The van der Waals surface area contributed by atoms with Crippen molar-refractivity contribution in [2.75, 3.05) is 23.8 Å². The molecule has 3 rings (SSSR count). The maximum Gasteiger partial charge on any atom is 0.316 e. The zero-order valence-electron chi connectivity index (χ0n) is 11.9. The maximum atomic E-state index is 12.2. The molecule has 22 heavy (non-hydrogen) atoms. The zero-order chi connectivity index (χ0) is 15.4. The van der Waals surface area contributed by atoms with Gasteiger partial charge in [0.25, 0.3) is 5.91 Å². The molecular formula is C16H15NO3S2. The molecule has 2 heterocycles. The molecule has 0 spiro atoms. The molecule has 0 N–H and O–H groups in total. The van der Waals surface area contributed by atoms with Crippen molar-refractivity contribution in [3.8, 4) is 0 Å². The molecule has 1 aromatic heterocycles. The number of amides is 1. The van der Waals surface area contributed by atoms with Gasteiger partial charge in [0.15, 0.2) is 6.61 Å². The first-order valence-corrected chi connectivity index (χ1v) is 8.81. The maximum absolute atomic E-state index is 12.2. The van der Waals surface area contributed by atoms with Crippen LogP contribution in [-0.4, -0.2) is 30.8 Å². The van der Waals surface area contributed by atoms with Gasteiger partial charge in [-0.3, -0.25) is 9.59 Å². The molecular weight excluding hydrogens is 318 g/mol. The quantitative estimate of drug-likeness (QED) is 0.623. The SMILES string of the molecule is O=C(CSc1cccs1)OCC(=O)N1CCc2ccccc21. The Morgan fingerprint density at radius 2 is 2.09 bits per heavy atom. The average molecular weight is 333 g/mol. The smallest absolute Gasteiger partial charge is 0.316 e. The highest BCUT2D eigenvalue weighted by molar-refractivity contribution is 8.01. The number of ether oxygens (including phenoxy) is 1. The minimum Gasteiger partial charge on any atom is -0.455 e. The van der Waals surface area contributed by atoms with E-state index < -0.39 is 0 Å². The molecule has 0 saturated heterocycles. The van der Waals surface area contributed by atoms with Crippen molar-refractivity contribution in [1.29, 1.82) is 0 Å². The number of benzene rings is 1. The van der Waals surface area contributed by atoms with Crippen LogP contribution in [-0.2, 0) is 20.7 Å². The fourth-order valence-electron chi connectivity index (χ4n) is 2.33. The van der Waals surface area contributed by atoms with E-state index in [-0.39, 0.29) is 24.2 Å². The zero-order valence-corrected chi connectivity index (χ0v) is 13.5. The molecule has 1 aromatic carbocycles. The lowest BCUT2D eigenvalue weighted by Crippen LogP contribution is -2.33. The third kappa shape index (κ3) is 3.51. The summed E-state index contributed by atoms with van der Waals surface area (Å²) in [5.41, 5.74) is 2.09. The molecule has 4 nitrogen and oxygen atoms in total. The van der Waals surface area contributed by atoms with E-state index in [9.17, 15) is 9.59 Å². The van der Waals surface area contributed by atoms with Gasteiger partial charge in [-0.2, -0.15) is 0 Å². The Morgan fingerprint density at radius 1 is 1.23 bits per heavy atom. The summed E-state index contributed by atoms with van der Waals surface area (Å²) in [6.07, 6.45) is 0.851. The Bertz CT molecular complexity index is 670. The number of fused-ring (bicyclic) bond motifs is 1. The molecule has 1 amide bonds. The predicted molar refractivity (Wildman–Crippen MR) is 88.5 cm³/mol. The largest absolute Gasteiger partial charge is 0.455 e. The lowest BCUT2D eigenvalue weighted by atomic mass is 10.2. The first-order chi connectivity index (χ1) is 10.7. The van der Waals surface area contributed by atoms with Crippen molar-refractivity contribution in [2.45, 2.75) is 10.6 Å². The lowest BCUT2D eigenvalue weighted by molar-refractivity contribution is -0.145. The Kier molecular flexibility index (Phi) is 4.80. The third-order valence-corrected chi connectivity index (χ3v) is 5.48. The van der Waals surface area contributed by atoms with Crippen LogP contribution in [0.5, 0.6) is 0 Å². The summed E-state index contributed by atoms with van der Waals surface area (Å²) < 4.78 is 6.15. The van der Waals surface area contributed by atoms with Gasteiger partial charge in [0.2, 0.25) is 0 Å². The fraction of sp³-hybridized carbons (Fsp3) is 0.250. The number of hydrogen-bond donors (Lipinski definition) is 0. The number of esters is 1. The summed E-state index contributed by atoms with van der Waals surface area (Å²) in [5, 5.41) is 1.96. The van der Waals surface area contributed by atoms with Crippen LogP contribution in [0.2, 0.25) is 0 Å². The minimum absolute atomic E-state index is 0.167. The molecule has 0 saturated carbocycles. The van der Waals surface area contributed by atoms with Crippen molar-refractivity contribution in [3.63, 3.8) is 0 Å². The van der Waals surface area contributed by atoms with Gasteiger partial charge in [-0.15, -0.1) is 23.1 Å². The lowest BCUT2D eigenvalue weighted by Gasteiger charge is -2.17. The molecule has 0 radical (unpaired) electrons. The van der Waals surface area contributed by atoms with Gasteiger partial charge in [-0.05, 0) is 29.5 Å². The number of rotatable bonds is 5. The first kappa shape index (κ1) is 15.1. The van der Waals surface area contributed by atoms with E-state index in [0.29, 0.717) is 6.54 Å². The third-order valence-electron chi connectivity index (χ3n) is 3.37. The van der Waals surface area contributed by atoms with Gasteiger partial charge in [-0.25, -0.2) is 0 Å². The molecule has 0 unspecified atom stereocenters. The monoisotopic (exact) mass is 333 g/mol. The van der Waals surface area contributed by atoms with Crippen LogP contribution >= 0.6 is 23.1 Å². The van der Waals surface area contributed by atoms with Gasteiger partial charge < -0.3 is 9.64 Å². The molecule has 6 heteroatoms. The van der Waals surface area contributed by atoms with Crippen LogP contribution < -0.4 is 4.90 Å². The number of hydrogen-bond acceptors (Lipinski definition) is 5. The summed E-state index contributed by atoms with van der Waals surface area (Å²) in [6.45, 7) is 0.456. The highest BCUT2D eigenvalue weighted by Gasteiger charge is 2.24. The molecule has 0 bridgehead atoms. The van der Waals surface area contributed by atoms with Crippen LogP contribution in [0.15, 0.2) is 46.0 Å². The van der Waals surface area contributed by atoms with Crippen molar-refractivity contribution < 1.29 is 14.3 Å². The Labute approximate surface area is 137 Å². The number of para-hydroxylation sites is 1. The molecule has 1 aliphatic rings. The van der Waals surface area contributed by atoms with Crippen LogP contribution in [0.25, 0.3) is 0 Å². The fourth-order valence-corrected chi connectivity index (χ4v) is 3.92. The second kappa shape index (κ2) is 6.98. The predicted octanol–water partition coefficient (Wildman–Crippen LogP) is 2.97. The second-order valence-corrected chi connectivity index (χ2v) is 7.03. The van der Waals surface area contributed by atoms with E-state index in [4.69, 9.17) is 4.74 Å². The van der Waals surface area contributed by atoms with Crippen molar-refractivity contribution in [2.24, 2.45) is 0 Å². The van der Waals surface area contributed by atoms with E-state index >= 15 is 0 Å². The van der Waals surface area contributed by atoms with E-state index in [1.807, 2.05) is 41.8 Å². The van der Waals surface area contributed by atoms with Gasteiger partial charge in [0.05, 0.1) is 9.96 Å². The summed E-state index contributed by atoms with van der Waals surface area (Å²) in [4.78, 5) is 25.6. The van der Waals surface area contributed by atoms with Gasteiger partial charge in [0.1, 0.15) is 0 Å². The second-order valence-electron chi connectivity index (χ2n) is 4.81. The summed E-state index contributed by atoms with van der Waals surface area (Å²) in [5.74, 6) is -0.302. The van der Waals surface area contributed by atoms with Gasteiger partial charge >= 0.3 is 5.97 Å². The van der Waals surface area contributed by atoms with Crippen LogP contribution in [0.1, 0.15) is 5.56 Å². The molecule has 114 valence electrons. The van der Waals surface area contributed by atoms with E-state index in [1.165, 1.54) is 11.8 Å². The van der Waals surface area contributed by atoms with Gasteiger partial charge in [-0.1, -0.05) is 24.3 Å². The molecule has 1 aliphatic heterocycles. The molecule has 0 atom stereocenters. The molecule has 0 fully saturated rings. The number of anilines is 1. The number of thiophene rings is 1. The number of carbonyl (C=O) groups is 2. The van der Waals surface area contributed by atoms with Crippen LogP contribution in [0.4, 0.5) is 5.69 Å². The first-order valence-electron chi connectivity index (χ1n) is 6.94.